The fourth-order valence-corrected chi connectivity index (χ4v) is 2.49. The van der Waals surface area contributed by atoms with Crippen molar-refractivity contribution in [3.63, 3.8) is 0 Å². The highest BCUT2D eigenvalue weighted by Crippen LogP contribution is 2.24. The van der Waals surface area contributed by atoms with Crippen molar-refractivity contribution in [2.24, 2.45) is 5.92 Å². The number of para-hydroxylation sites is 1. The first-order valence-corrected chi connectivity index (χ1v) is 7.27. The third kappa shape index (κ3) is 4.06. The minimum absolute atomic E-state index is 0.221. The number of benzene rings is 1. The summed E-state index contributed by atoms with van der Waals surface area (Å²) in [4.78, 5) is 12.4. The van der Waals surface area contributed by atoms with Gasteiger partial charge in [0, 0.05) is 6.42 Å². The van der Waals surface area contributed by atoms with E-state index in [0.29, 0.717) is 18.9 Å². The van der Waals surface area contributed by atoms with Crippen LogP contribution in [0.4, 0.5) is 0 Å². The Kier molecular flexibility index (Phi) is 5.40. The van der Waals surface area contributed by atoms with Crippen molar-refractivity contribution in [2.75, 3.05) is 19.7 Å². The number of hydrogen-bond donors (Lipinski definition) is 1. The van der Waals surface area contributed by atoms with Crippen molar-refractivity contribution in [1.29, 1.82) is 0 Å². The molecule has 3 heteroatoms. The summed E-state index contributed by atoms with van der Waals surface area (Å²) in [6.07, 6.45) is 3.80. The lowest BCUT2D eigenvalue weighted by Crippen LogP contribution is -2.29. The van der Waals surface area contributed by atoms with E-state index >= 15 is 0 Å². The van der Waals surface area contributed by atoms with Crippen LogP contribution in [0.2, 0.25) is 0 Å². The topological polar surface area (TPSA) is 38.3 Å². The highest BCUT2D eigenvalue weighted by Gasteiger charge is 2.19. The first kappa shape index (κ1) is 14.1. The van der Waals surface area contributed by atoms with E-state index in [1.807, 2.05) is 24.3 Å². The van der Waals surface area contributed by atoms with E-state index in [-0.39, 0.29) is 5.78 Å². The molecule has 1 aromatic carbocycles. The summed E-state index contributed by atoms with van der Waals surface area (Å²) in [6.45, 7) is 4.80. The summed E-state index contributed by atoms with van der Waals surface area (Å²) in [6, 6.07) is 7.61. The highest BCUT2D eigenvalue weighted by atomic mass is 16.5. The molecule has 1 aliphatic rings. The Morgan fingerprint density at radius 2 is 2.05 bits per heavy atom. The Labute approximate surface area is 115 Å². The molecule has 0 aliphatic carbocycles. The van der Waals surface area contributed by atoms with Gasteiger partial charge in [-0.1, -0.05) is 19.1 Å². The molecule has 104 valence electrons. The predicted molar refractivity (Wildman–Crippen MR) is 76.8 cm³/mol. The molecule has 1 fully saturated rings. The quantitative estimate of drug-likeness (QED) is 0.800. The molecule has 0 aromatic heterocycles. The average Bonchev–Trinajstić information content (AvgIpc) is 2.46. The minimum atomic E-state index is 0.221. The molecule has 0 bridgehead atoms. The largest absolute Gasteiger partial charge is 0.493 e. The van der Waals surface area contributed by atoms with Crippen LogP contribution in [-0.2, 0) is 0 Å². The van der Waals surface area contributed by atoms with Crippen LogP contribution in [-0.4, -0.2) is 25.5 Å². The maximum Gasteiger partial charge on any atom is 0.166 e. The number of carbonyl (C=O) groups is 1. The fraction of sp³-hybridized carbons (Fsp3) is 0.562. The predicted octanol–water partition coefficient (Wildman–Crippen LogP) is 3.05. The maximum absolute atomic E-state index is 12.4. The number of nitrogens with one attached hydrogen (secondary N) is 1. The standard InChI is InChI=1S/C16H23NO2/c1-2-11-19-16-6-4-3-5-14(16)15(18)12-13-7-9-17-10-8-13/h3-6,13,17H,2,7-12H2,1H3. The van der Waals surface area contributed by atoms with Gasteiger partial charge in [0.1, 0.15) is 5.75 Å². The van der Waals surface area contributed by atoms with Gasteiger partial charge < -0.3 is 10.1 Å². The molecule has 1 heterocycles. The van der Waals surface area contributed by atoms with Crippen molar-refractivity contribution < 1.29 is 9.53 Å². The number of hydrogen-bond acceptors (Lipinski definition) is 3. The first-order valence-electron chi connectivity index (χ1n) is 7.27. The lowest BCUT2D eigenvalue weighted by molar-refractivity contribution is 0.0948. The third-order valence-electron chi connectivity index (χ3n) is 3.58. The van der Waals surface area contributed by atoms with E-state index in [1.165, 1.54) is 0 Å². The van der Waals surface area contributed by atoms with Crippen LogP contribution in [0.15, 0.2) is 24.3 Å². The summed E-state index contributed by atoms with van der Waals surface area (Å²) in [7, 11) is 0. The molecule has 19 heavy (non-hydrogen) atoms. The normalized spacial score (nSPS) is 16.3. The van der Waals surface area contributed by atoms with Crippen LogP contribution >= 0.6 is 0 Å². The number of ether oxygens (including phenoxy) is 1. The molecule has 0 unspecified atom stereocenters. The number of ketones is 1. The second-order valence-electron chi connectivity index (χ2n) is 5.17. The molecule has 1 saturated heterocycles. The molecule has 0 saturated carbocycles. The first-order chi connectivity index (χ1) is 9.31. The van der Waals surface area contributed by atoms with Crippen LogP contribution in [0.1, 0.15) is 43.0 Å². The molecule has 0 radical (unpaired) electrons. The zero-order chi connectivity index (χ0) is 13.5. The monoisotopic (exact) mass is 261 g/mol. The molecular formula is C16H23NO2. The van der Waals surface area contributed by atoms with Crippen molar-refractivity contribution in [2.45, 2.75) is 32.6 Å². The number of Topliss-reactive ketones (excluding diaryl/α,β-unsaturated/α-hetero) is 1. The Hall–Kier alpha value is -1.35. The summed E-state index contributed by atoms with van der Waals surface area (Å²) < 4.78 is 5.66. The molecular weight excluding hydrogens is 238 g/mol. The Morgan fingerprint density at radius 3 is 2.79 bits per heavy atom. The Morgan fingerprint density at radius 1 is 1.32 bits per heavy atom. The molecule has 0 spiro atoms. The lowest BCUT2D eigenvalue weighted by Gasteiger charge is -2.22. The van der Waals surface area contributed by atoms with Crippen molar-refractivity contribution in [3.05, 3.63) is 29.8 Å². The van der Waals surface area contributed by atoms with Gasteiger partial charge in [0.2, 0.25) is 0 Å². The fourth-order valence-electron chi connectivity index (χ4n) is 2.49. The molecule has 3 nitrogen and oxygen atoms in total. The van der Waals surface area contributed by atoms with Crippen LogP contribution in [0.3, 0.4) is 0 Å². The highest BCUT2D eigenvalue weighted by molar-refractivity contribution is 5.98. The zero-order valence-electron chi connectivity index (χ0n) is 11.7. The summed E-state index contributed by atoms with van der Waals surface area (Å²) >= 11 is 0. The molecule has 1 aliphatic heterocycles. The van der Waals surface area contributed by atoms with E-state index in [2.05, 4.69) is 12.2 Å². The molecule has 0 amide bonds. The van der Waals surface area contributed by atoms with Gasteiger partial charge in [-0.2, -0.15) is 0 Å². The summed E-state index contributed by atoms with van der Waals surface area (Å²) in [5, 5.41) is 3.33. The SMILES string of the molecule is CCCOc1ccccc1C(=O)CC1CCNCC1. The van der Waals surface area contributed by atoms with Gasteiger partial charge in [-0.15, -0.1) is 0 Å². The lowest BCUT2D eigenvalue weighted by atomic mass is 9.90. The molecule has 1 N–H and O–H groups in total. The van der Waals surface area contributed by atoms with E-state index in [4.69, 9.17) is 4.74 Å². The van der Waals surface area contributed by atoms with Crippen LogP contribution in [0.5, 0.6) is 5.75 Å². The number of rotatable bonds is 6. The summed E-state index contributed by atoms with van der Waals surface area (Å²) in [5.41, 5.74) is 0.745. The second-order valence-corrected chi connectivity index (χ2v) is 5.17. The minimum Gasteiger partial charge on any atom is -0.493 e. The van der Waals surface area contributed by atoms with Crippen LogP contribution < -0.4 is 10.1 Å². The second kappa shape index (κ2) is 7.29. The van der Waals surface area contributed by atoms with Gasteiger partial charge in [-0.05, 0) is 50.4 Å². The zero-order valence-corrected chi connectivity index (χ0v) is 11.7. The van der Waals surface area contributed by atoms with Crippen molar-refractivity contribution in [1.82, 2.24) is 5.32 Å². The van der Waals surface area contributed by atoms with Gasteiger partial charge in [0.25, 0.3) is 0 Å². The van der Waals surface area contributed by atoms with Crippen molar-refractivity contribution in [3.8, 4) is 5.75 Å². The van der Waals surface area contributed by atoms with E-state index in [9.17, 15) is 4.79 Å². The van der Waals surface area contributed by atoms with Gasteiger partial charge in [0.15, 0.2) is 5.78 Å². The molecule has 2 rings (SSSR count). The van der Waals surface area contributed by atoms with E-state index in [0.717, 1.165) is 43.7 Å². The van der Waals surface area contributed by atoms with Crippen LogP contribution in [0.25, 0.3) is 0 Å². The average molecular weight is 261 g/mol. The summed E-state index contributed by atoms with van der Waals surface area (Å²) in [5.74, 6) is 1.48. The van der Waals surface area contributed by atoms with E-state index < -0.39 is 0 Å². The number of piperidine rings is 1. The van der Waals surface area contributed by atoms with Crippen molar-refractivity contribution >= 4 is 5.78 Å². The molecule has 0 atom stereocenters. The Balaban J connectivity index is 2.00. The smallest absolute Gasteiger partial charge is 0.166 e. The third-order valence-corrected chi connectivity index (χ3v) is 3.58. The Bertz CT molecular complexity index is 411. The van der Waals surface area contributed by atoms with Gasteiger partial charge >= 0.3 is 0 Å². The molecule has 1 aromatic rings. The van der Waals surface area contributed by atoms with Gasteiger partial charge in [-0.25, -0.2) is 0 Å². The van der Waals surface area contributed by atoms with Gasteiger partial charge in [0.05, 0.1) is 12.2 Å². The maximum atomic E-state index is 12.4. The van der Waals surface area contributed by atoms with Gasteiger partial charge in [-0.3, -0.25) is 4.79 Å². The number of carbonyl (C=O) groups excluding carboxylic acids is 1. The van der Waals surface area contributed by atoms with Crippen LogP contribution in [0, 0.1) is 5.92 Å². The van der Waals surface area contributed by atoms with E-state index in [1.54, 1.807) is 0 Å².